The Hall–Kier alpha value is -1.58. The van der Waals surface area contributed by atoms with Crippen LogP contribution in [-0.2, 0) is 6.42 Å². The van der Waals surface area contributed by atoms with E-state index in [1.54, 1.807) is 0 Å². The Morgan fingerprint density at radius 3 is 2.68 bits per heavy atom. The fourth-order valence-corrected chi connectivity index (χ4v) is 4.15. The van der Waals surface area contributed by atoms with Crippen LogP contribution in [0.4, 0.5) is 0 Å². The van der Waals surface area contributed by atoms with Gasteiger partial charge < -0.3 is 9.97 Å². The maximum absolute atomic E-state index is 11.7. The van der Waals surface area contributed by atoms with Crippen molar-refractivity contribution in [2.45, 2.75) is 44.9 Å². The molecule has 2 aromatic rings. The predicted octanol–water partition coefficient (Wildman–Crippen LogP) is 2.76. The number of fused-ring (bicyclic) bond motifs is 4. The average molecular weight is 257 g/mol. The molecular weight excluding hydrogens is 238 g/mol. The lowest BCUT2D eigenvalue weighted by Crippen LogP contribution is -2.35. The Kier molecular flexibility index (Phi) is 2.34. The van der Waals surface area contributed by atoms with Crippen molar-refractivity contribution in [3.05, 3.63) is 28.4 Å². The van der Waals surface area contributed by atoms with Gasteiger partial charge in [0.1, 0.15) is 5.52 Å². The minimum atomic E-state index is -0.0684. The van der Waals surface area contributed by atoms with Crippen molar-refractivity contribution in [1.82, 2.24) is 15.0 Å². The molecule has 0 saturated heterocycles. The number of hydrogen-bond donors (Lipinski definition) is 2. The molecule has 5 rings (SSSR count). The van der Waals surface area contributed by atoms with Gasteiger partial charge in [0.15, 0.2) is 0 Å². The average Bonchev–Trinajstić information content (AvgIpc) is 2.85. The molecule has 2 aromatic heterocycles. The quantitative estimate of drug-likeness (QED) is 0.869. The van der Waals surface area contributed by atoms with Gasteiger partial charge in [-0.2, -0.15) is 0 Å². The highest BCUT2D eigenvalue weighted by Crippen LogP contribution is 2.52. The molecule has 0 spiro atoms. The molecule has 3 fully saturated rings. The number of hydrogen-bond acceptors (Lipinski definition) is 2. The standard InChI is InChI=1S/C15H19N3O/c19-14-13-12(17-9-18-14)11(8-16-13)7-15-4-1-10(2-5-15)3-6-15/h8-10,16H,1-7H2,(H,17,18,19). The Morgan fingerprint density at radius 2 is 1.95 bits per heavy atom. The third-order valence-electron chi connectivity index (χ3n) is 5.36. The van der Waals surface area contributed by atoms with Crippen LogP contribution in [0.25, 0.3) is 11.0 Å². The van der Waals surface area contributed by atoms with Crippen molar-refractivity contribution in [2.24, 2.45) is 11.3 Å². The number of aromatic nitrogens is 3. The molecule has 0 amide bonds. The summed E-state index contributed by atoms with van der Waals surface area (Å²) < 4.78 is 0. The molecule has 3 aliphatic carbocycles. The molecule has 3 saturated carbocycles. The van der Waals surface area contributed by atoms with E-state index < -0.39 is 0 Å². The first-order valence-corrected chi connectivity index (χ1v) is 7.29. The van der Waals surface area contributed by atoms with Gasteiger partial charge in [0.2, 0.25) is 0 Å². The van der Waals surface area contributed by atoms with Gasteiger partial charge in [-0.25, -0.2) is 4.98 Å². The van der Waals surface area contributed by atoms with Crippen LogP contribution >= 0.6 is 0 Å². The van der Waals surface area contributed by atoms with Crippen molar-refractivity contribution in [2.75, 3.05) is 0 Å². The van der Waals surface area contributed by atoms with Crippen LogP contribution < -0.4 is 5.56 Å². The van der Waals surface area contributed by atoms with Gasteiger partial charge in [0.25, 0.3) is 5.56 Å². The molecule has 0 unspecified atom stereocenters. The summed E-state index contributed by atoms with van der Waals surface area (Å²) in [4.78, 5) is 21.8. The van der Waals surface area contributed by atoms with Gasteiger partial charge in [-0.1, -0.05) is 0 Å². The third kappa shape index (κ3) is 1.73. The summed E-state index contributed by atoms with van der Waals surface area (Å²) in [5.74, 6) is 0.991. The Balaban J connectivity index is 1.72. The number of nitrogens with one attached hydrogen (secondary N) is 2. The van der Waals surface area contributed by atoms with Crippen LogP contribution in [0.1, 0.15) is 44.1 Å². The lowest BCUT2D eigenvalue weighted by Gasteiger charge is -2.46. The summed E-state index contributed by atoms with van der Waals surface area (Å²) in [5, 5.41) is 0. The molecule has 2 heterocycles. The molecule has 0 radical (unpaired) electrons. The third-order valence-corrected chi connectivity index (χ3v) is 5.36. The minimum Gasteiger partial charge on any atom is -0.355 e. The predicted molar refractivity (Wildman–Crippen MR) is 74.0 cm³/mol. The Bertz CT molecular complexity index is 648. The number of nitrogens with zero attached hydrogens (tertiary/aromatic N) is 1. The summed E-state index contributed by atoms with van der Waals surface area (Å²) in [5.41, 5.74) is 3.13. The second-order valence-corrected chi connectivity index (χ2v) is 6.43. The van der Waals surface area contributed by atoms with Gasteiger partial charge in [-0.05, 0) is 61.8 Å². The van der Waals surface area contributed by atoms with Crippen molar-refractivity contribution < 1.29 is 0 Å². The van der Waals surface area contributed by atoms with Crippen LogP contribution in [0.5, 0.6) is 0 Å². The summed E-state index contributed by atoms with van der Waals surface area (Å²) in [6.07, 6.45) is 12.8. The van der Waals surface area contributed by atoms with Gasteiger partial charge in [-0.15, -0.1) is 0 Å². The van der Waals surface area contributed by atoms with Crippen molar-refractivity contribution in [3.8, 4) is 0 Å². The lowest BCUT2D eigenvalue weighted by molar-refractivity contribution is 0.0656. The number of rotatable bonds is 2. The van der Waals surface area contributed by atoms with E-state index in [2.05, 4.69) is 15.0 Å². The maximum Gasteiger partial charge on any atom is 0.275 e. The molecule has 100 valence electrons. The first-order valence-electron chi connectivity index (χ1n) is 7.29. The fourth-order valence-electron chi connectivity index (χ4n) is 4.15. The van der Waals surface area contributed by atoms with E-state index in [1.165, 1.54) is 50.4 Å². The first-order chi connectivity index (χ1) is 9.26. The van der Waals surface area contributed by atoms with E-state index in [9.17, 15) is 4.79 Å². The van der Waals surface area contributed by atoms with E-state index in [4.69, 9.17) is 0 Å². The topological polar surface area (TPSA) is 61.5 Å². The zero-order chi connectivity index (χ0) is 12.9. The highest BCUT2D eigenvalue weighted by Gasteiger charge is 2.40. The van der Waals surface area contributed by atoms with E-state index in [0.717, 1.165) is 17.9 Å². The first kappa shape index (κ1) is 11.3. The largest absolute Gasteiger partial charge is 0.355 e. The summed E-state index contributed by atoms with van der Waals surface area (Å²) in [6, 6.07) is 0. The van der Waals surface area contributed by atoms with Crippen molar-refractivity contribution in [3.63, 3.8) is 0 Å². The molecule has 0 aromatic carbocycles. The molecule has 0 aliphatic heterocycles. The summed E-state index contributed by atoms with van der Waals surface area (Å²) >= 11 is 0. The maximum atomic E-state index is 11.7. The molecule has 4 heteroatoms. The smallest absolute Gasteiger partial charge is 0.275 e. The Labute approximate surface area is 111 Å². The minimum absolute atomic E-state index is 0.0684. The van der Waals surface area contributed by atoms with Crippen LogP contribution in [0.15, 0.2) is 17.3 Å². The van der Waals surface area contributed by atoms with Crippen LogP contribution in [0, 0.1) is 11.3 Å². The normalized spacial score (nSPS) is 30.0. The highest BCUT2D eigenvalue weighted by atomic mass is 16.1. The van der Waals surface area contributed by atoms with Gasteiger partial charge in [0, 0.05) is 6.20 Å². The summed E-state index contributed by atoms with van der Waals surface area (Å²) in [6.45, 7) is 0. The highest BCUT2D eigenvalue weighted by molar-refractivity contribution is 5.77. The van der Waals surface area contributed by atoms with E-state index >= 15 is 0 Å². The molecule has 2 N–H and O–H groups in total. The molecule has 0 atom stereocenters. The second-order valence-electron chi connectivity index (χ2n) is 6.43. The van der Waals surface area contributed by atoms with E-state index in [1.807, 2.05) is 6.20 Å². The van der Waals surface area contributed by atoms with E-state index in [-0.39, 0.29) is 5.56 Å². The number of H-pyrrole nitrogens is 2. The molecule has 4 nitrogen and oxygen atoms in total. The fraction of sp³-hybridized carbons (Fsp3) is 0.600. The Morgan fingerprint density at radius 1 is 1.21 bits per heavy atom. The van der Waals surface area contributed by atoms with Crippen LogP contribution in [0.2, 0.25) is 0 Å². The zero-order valence-electron chi connectivity index (χ0n) is 11.0. The van der Waals surface area contributed by atoms with Gasteiger partial charge in [0.05, 0.1) is 11.8 Å². The SMILES string of the molecule is O=c1[nH]cnc2c(CC34CCC(CC3)CC4)c[nH]c12. The molecule has 2 bridgehead atoms. The van der Waals surface area contributed by atoms with Gasteiger partial charge >= 0.3 is 0 Å². The van der Waals surface area contributed by atoms with Crippen molar-refractivity contribution >= 4 is 11.0 Å². The monoisotopic (exact) mass is 257 g/mol. The van der Waals surface area contributed by atoms with Crippen LogP contribution in [-0.4, -0.2) is 15.0 Å². The van der Waals surface area contributed by atoms with Crippen molar-refractivity contribution in [1.29, 1.82) is 0 Å². The second kappa shape index (κ2) is 3.95. The lowest BCUT2D eigenvalue weighted by atomic mass is 9.59. The van der Waals surface area contributed by atoms with Gasteiger partial charge in [-0.3, -0.25) is 4.79 Å². The van der Waals surface area contributed by atoms with E-state index in [0.29, 0.717) is 10.9 Å². The molecule has 3 aliphatic rings. The zero-order valence-corrected chi connectivity index (χ0v) is 11.0. The summed E-state index contributed by atoms with van der Waals surface area (Å²) in [7, 11) is 0. The van der Waals surface area contributed by atoms with Crippen LogP contribution in [0.3, 0.4) is 0 Å². The molecular formula is C15H19N3O. The number of aromatic amines is 2. The molecule has 19 heavy (non-hydrogen) atoms.